The van der Waals surface area contributed by atoms with Crippen LogP contribution in [0.3, 0.4) is 0 Å². The quantitative estimate of drug-likeness (QED) is 0.145. The van der Waals surface area contributed by atoms with Crippen molar-refractivity contribution in [3.8, 4) is 0 Å². The van der Waals surface area contributed by atoms with Crippen molar-refractivity contribution in [1.82, 2.24) is 0 Å². The van der Waals surface area contributed by atoms with Crippen LogP contribution in [0.4, 0.5) is 0 Å². The number of hydrogen-bond acceptors (Lipinski definition) is 6. The van der Waals surface area contributed by atoms with Crippen LogP contribution >= 0.6 is 0 Å². The highest BCUT2D eigenvalue weighted by molar-refractivity contribution is 7.40. The molecular formula is C20H41O6Si10. The van der Waals surface area contributed by atoms with Crippen molar-refractivity contribution in [3.05, 3.63) is 41.3 Å². The van der Waals surface area contributed by atoms with Crippen LogP contribution in [0, 0.1) is 0 Å². The van der Waals surface area contributed by atoms with Crippen LogP contribution in [-0.2, 0) is 25.3 Å². The summed E-state index contributed by atoms with van der Waals surface area (Å²) in [6.07, 6.45) is 0. The Labute approximate surface area is 238 Å². The molecule has 16 heteroatoms. The van der Waals surface area contributed by atoms with Crippen LogP contribution in [0.1, 0.15) is 5.56 Å². The SMILES string of the molecule is C[Si](C)(C)O[Si]C(O[Si](O[Si](C)(C)C)(O[Si](C)(C)C)O[Si](C)(C)C)=C(O[Si][Si][Si][Si])c1ccccc1. The molecule has 197 valence electrons. The molecule has 6 nitrogen and oxygen atoms in total. The maximum atomic E-state index is 6.95. The first-order chi connectivity index (χ1) is 16.2. The second-order valence-electron chi connectivity index (χ2n) is 12.0. The number of benzene rings is 1. The third kappa shape index (κ3) is 15.2. The van der Waals surface area contributed by atoms with Gasteiger partial charge >= 0.3 is 18.8 Å². The maximum absolute atomic E-state index is 6.95. The standard InChI is InChI=1S/C20H41O6Si10/c1-32(2,3)23-28-20(19(21-29-31-30-27)18-16-14-13-15-17-18)22-36(24-33(4,5)6,25-34(7,8)9)26-35(10,11)12/h13-17H,1-12H3. The van der Waals surface area contributed by atoms with Crippen LogP contribution in [-0.4, -0.2) is 88.2 Å². The van der Waals surface area contributed by atoms with E-state index in [1.807, 2.05) is 30.3 Å². The molecule has 0 saturated heterocycles. The minimum atomic E-state index is -3.62. The van der Waals surface area contributed by atoms with Gasteiger partial charge in [0.1, 0.15) is 11.1 Å². The molecule has 0 aliphatic heterocycles. The van der Waals surface area contributed by atoms with E-state index in [1.165, 1.54) is 0 Å². The van der Waals surface area contributed by atoms with Gasteiger partial charge in [-0.15, -0.1) is 0 Å². The van der Waals surface area contributed by atoms with Gasteiger partial charge in [0, 0.05) is 23.9 Å². The van der Waals surface area contributed by atoms with Gasteiger partial charge in [-0.05, 0) is 78.6 Å². The highest BCUT2D eigenvalue weighted by Crippen LogP contribution is 2.31. The Hall–Kier alpha value is 0.569. The molecule has 0 fully saturated rings. The Kier molecular flexibility index (Phi) is 13.7. The van der Waals surface area contributed by atoms with E-state index in [-0.39, 0.29) is 9.76 Å². The zero-order valence-corrected chi connectivity index (χ0v) is 33.8. The Morgan fingerprint density at radius 1 is 0.694 bits per heavy atom. The second-order valence-corrected chi connectivity index (χ2v) is 41.6. The topological polar surface area (TPSA) is 55.4 Å². The van der Waals surface area contributed by atoms with Gasteiger partial charge in [0.25, 0.3) is 9.28 Å². The third-order valence-electron chi connectivity index (χ3n) is 3.48. The highest BCUT2D eigenvalue weighted by Gasteiger charge is 2.57. The third-order valence-corrected chi connectivity index (χ3v) is 24.8. The lowest BCUT2D eigenvalue weighted by Gasteiger charge is -2.41. The van der Waals surface area contributed by atoms with Crippen LogP contribution in [0.25, 0.3) is 5.76 Å². The first-order valence-electron chi connectivity index (χ1n) is 11.9. The van der Waals surface area contributed by atoms with Crippen LogP contribution in [0.15, 0.2) is 35.7 Å². The summed E-state index contributed by atoms with van der Waals surface area (Å²) < 4.78 is 40.2. The van der Waals surface area contributed by atoms with Crippen molar-refractivity contribution < 1.29 is 25.3 Å². The lowest BCUT2D eigenvalue weighted by atomic mass is 10.2. The van der Waals surface area contributed by atoms with E-state index >= 15 is 0 Å². The molecule has 0 amide bonds. The van der Waals surface area contributed by atoms with Crippen molar-refractivity contribution in [2.24, 2.45) is 0 Å². The molecule has 0 unspecified atom stereocenters. The summed E-state index contributed by atoms with van der Waals surface area (Å²) >= 11 is 0. The minimum absolute atomic E-state index is 0.0418. The molecular weight excluding hydrogens is 617 g/mol. The fraction of sp³-hybridized carbons (Fsp3) is 0.600. The lowest BCUT2D eigenvalue weighted by molar-refractivity contribution is 0.122. The van der Waals surface area contributed by atoms with Crippen molar-refractivity contribution in [3.63, 3.8) is 0 Å². The average Bonchev–Trinajstić information content (AvgIpc) is 2.64. The minimum Gasteiger partial charge on any atom is -0.543 e. The fourth-order valence-electron chi connectivity index (χ4n) is 2.62. The molecule has 0 N–H and O–H groups in total. The predicted molar refractivity (Wildman–Crippen MR) is 168 cm³/mol. The van der Waals surface area contributed by atoms with E-state index < -0.39 is 42.3 Å². The monoisotopic (exact) mass is 657 g/mol. The summed E-state index contributed by atoms with van der Waals surface area (Å²) in [4.78, 5) is 0. The molecule has 0 heterocycles. The van der Waals surface area contributed by atoms with E-state index in [2.05, 4.69) is 88.3 Å². The van der Waals surface area contributed by atoms with E-state index in [9.17, 15) is 0 Å². The van der Waals surface area contributed by atoms with Gasteiger partial charge in [-0.2, -0.15) is 0 Å². The largest absolute Gasteiger partial charge is 0.717 e. The van der Waals surface area contributed by atoms with Gasteiger partial charge in [0.05, 0.1) is 8.55 Å². The summed E-state index contributed by atoms with van der Waals surface area (Å²) in [7, 11) is -6.66. The second kappa shape index (κ2) is 14.3. The van der Waals surface area contributed by atoms with Gasteiger partial charge in [-0.25, -0.2) is 0 Å². The summed E-state index contributed by atoms with van der Waals surface area (Å²) in [6.45, 7) is 25.9. The number of rotatable bonds is 16. The molecule has 0 bridgehead atoms. The fourth-order valence-corrected chi connectivity index (χ4v) is 19.9. The molecule has 1 rings (SSSR count). The van der Waals surface area contributed by atoms with Crippen molar-refractivity contribution in [2.75, 3.05) is 0 Å². The molecule has 0 spiro atoms. The molecule has 0 saturated carbocycles. The van der Waals surface area contributed by atoms with Gasteiger partial charge in [-0.3, -0.25) is 0 Å². The van der Waals surface area contributed by atoms with E-state index in [0.717, 1.165) is 5.56 Å². The lowest BCUT2D eigenvalue weighted by Crippen LogP contribution is -2.62. The molecule has 36 heavy (non-hydrogen) atoms. The van der Waals surface area contributed by atoms with Crippen LogP contribution in [0.5, 0.6) is 0 Å². The Morgan fingerprint density at radius 2 is 1.17 bits per heavy atom. The molecule has 1 aromatic carbocycles. The summed E-state index contributed by atoms with van der Waals surface area (Å²) in [5.74, 6) is 0.692. The molecule has 0 aliphatic carbocycles. The van der Waals surface area contributed by atoms with Crippen molar-refractivity contribution in [2.45, 2.75) is 78.6 Å². The Bertz CT molecular complexity index is 788. The zero-order valence-electron chi connectivity index (χ0n) is 23.8. The molecule has 0 aromatic heterocycles. The smallest absolute Gasteiger partial charge is 0.543 e. The van der Waals surface area contributed by atoms with Crippen molar-refractivity contribution >= 4 is 94.0 Å². The van der Waals surface area contributed by atoms with Gasteiger partial charge in [0.2, 0.25) is 0 Å². The maximum Gasteiger partial charge on any atom is 0.717 e. The van der Waals surface area contributed by atoms with Crippen molar-refractivity contribution in [1.29, 1.82) is 0 Å². The van der Waals surface area contributed by atoms with E-state index in [0.29, 0.717) is 37.5 Å². The molecule has 1 aromatic rings. The Balaban J connectivity index is 3.80. The summed E-state index contributed by atoms with van der Waals surface area (Å²) in [6, 6.07) is 10.1. The summed E-state index contributed by atoms with van der Waals surface area (Å²) in [5, 5.41) is 0.625. The summed E-state index contributed by atoms with van der Waals surface area (Å²) in [5.41, 5.74) is 0.950. The molecule has 0 aliphatic rings. The van der Waals surface area contributed by atoms with Crippen LogP contribution in [0.2, 0.25) is 78.6 Å². The zero-order chi connectivity index (χ0) is 27.8. The van der Waals surface area contributed by atoms with E-state index in [4.69, 9.17) is 25.3 Å². The van der Waals surface area contributed by atoms with Gasteiger partial charge in [0.15, 0.2) is 33.3 Å². The van der Waals surface area contributed by atoms with E-state index in [1.54, 1.807) is 0 Å². The molecule has 11 radical (unpaired) electrons. The predicted octanol–water partition coefficient (Wildman–Crippen LogP) is 4.75. The van der Waals surface area contributed by atoms with Gasteiger partial charge < -0.3 is 25.3 Å². The normalized spacial score (nSPS) is 14.5. The molecule has 0 atom stereocenters. The first kappa shape index (κ1) is 34.6. The van der Waals surface area contributed by atoms with Crippen LogP contribution < -0.4 is 0 Å². The average molecular weight is 658 g/mol. The first-order valence-corrected chi connectivity index (χ1v) is 34.4. The highest BCUT2D eigenvalue weighted by atomic mass is 29.7. The van der Waals surface area contributed by atoms with Gasteiger partial charge in [-0.1, -0.05) is 30.3 Å². The number of hydrogen-bond donors (Lipinski definition) is 0. The Morgan fingerprint density at radius 3 is 1.56 bits per heavy atom.